The molecule has 0 radical (unpaired) electrons. The number of nitrogens with one attached hydrogen (secondary N) is 1. The van der Waals surface area contributed by atoms with Crippen molar-refractivity contribution in [2.75, 3.05) is 0 Å². The van der Waals surface area contributed by atoms with Gasteiger partial charge in [-0.15, -0.1) is 0 Å². The molecular formula is C20H20FN3O. The van der Waals surface area contributed by atoms with E-state index < -0.39 is 0 Å². The highest BCUT2D eigenvalue weighted by Gasteiger charge is 2.07. The lowest BCUT2D eigenvalue weighted by atomic mass is 10.1. The summed E-state index contributed by atoms with van der Waals surface area (Å²) in [7, 11) is 0. The third kappa shape index (κ3) is 4.32. The molecule has 0 fully saturated rings. The molecule has 0 saturated carbocycles. The van der Waals surface area contributed by atoms with Crippen LogP contribution in [-0.4, -0.2) is 15.7 Å². The molecule has 4 nitrogen and oxygen atoms in total. The summed E-state index contributed by atoms with van der Waals surface area (Å²) >= 11 is 0. The van der Waals surface area contributed by atoms with Crippen LogP contribution >= 0.6 is 0 Å². The minimum absolute atomic E-state index is 0.151. The van der Waals surface area contributed by atoms with E-state index in [1.54, 1.807) is 24.3 Å². The third-order valence-corrected chi connectivity index (χ3v) is 4.02. The van der Waals surface area contributed by atoms with Crippen molar-refractivity contribution in [1.82, 2.24) is 15.1 Å². The zero-order chi connectivity index (χ0) is 17.8. The number of carbonyl (C=O) groups excluding carboxylic acids is 1. The molecule has 3 rings (SSSR count). The standard InChI is InChI=1S/C20H20FN3O/c1-14-11-15(2)24(23-14)13-17-3-7-18(8-4-17)20(25)22-12-16-5-9-19(21)10-6-16/h3-11H,12-13H2,1-2H3,(H,22,25). The summed E-state index contributed by atoms with van der Waals surface area (Å²) in [4.78, 5) is 12.2. The maximum Gasteiger partial charge on any atom is 0.251 e. The van der Waals surface area contributed by atoms with Crippen LogP contribution in [0.1, 0.15) is 32.9 Å². The van der Waals surface area contributed by atoms with Gasteiger partial charge in [-0.2, -0.15) is 5.10 Å². The maximum absolute atomic E-state index is 12.9. The number of nitrogens with zero attached hydrogens (tertiary/aromatic N) is 2. The van der Waals surface area contributed by atoms with Gasteiger partial charge in [-0.1, -0.05) is 24.3 Å². The van der Waals surface area contributed by atoms with Crippen LogP contribution in [0.15, 0.2) is 54.6 Å². The smallest absolute Gasteiger partial charge is 0.251 e. The zero-order valence-corrected chi connectivity index (χ0v) is 14.3. The highest BCUT2D eigenvalue weighted by atomic mass is 19.1. The predicted molar refractivity (Wildman–Crippen MR) is 94.8 cm³/mol. The van der Waals surface area contributed by atoms with Crippen molar-refractivity contribution in [3.63, 3.8) is 0 Å². The lowest BCUT2D eigenvalue weighted by Gasteiger charge is -2.08. The van der Waals surface area contributed by atoms with Crippen LogP contribution in [-0.2, 0) is 13.1 Å². The molecular weight excluding hydrogens is 317 g/mol. The Balaban J connectivity index is 1.60. The topological polar surface area (TPSA) is 46.9 Å². The summed E-state index contributed by atoms with van der Waals surface area (Å²) in [6, 6.07) is 15.6. The van der Waals surface area contributed by atoms with Gasteiger partial charge in [0.1, 0.15) is 5.82 Å². The number of aryl methyl sites for hydroxylation is 2. The van der Waals surface area contributed by atoms with Gasteiger partial charge in [0.25, 0.3) is 5.91 Å². The molecule has 0 unspecified atom stereocenters. The Morgan fingerprint density at radius 2 is 1.68 bits per heavy atom. The summed E-state index contributed by atoms with van der Waals surface area (Å²) in [6.45, 7) is 5.04. The van der Waals surface area contributed by atoms with Crippen molar-refractivity contribution < 1.29 is 9.18 Å². The molecule has 1 N–H and O–H groups in total. The number of hydrogen-bond donors (Lipinski definition) is 1. The van der Waals surface area contributed by atoms with E-state index in [2.05, 4.69) is 10.4 Å². The van der Waals surface area contributed by atoms with Crippen molar-refractivity contribution >= 4 is 5.91 Å². The molecule has 0 atom stereocenters. The SMILES string of the molecule is Cc1cc(C)n(Cc2ccc(C(=O)NCc3ccc(F)cc3)cc2)n1. The van der Waals surface area contributed by atoms with Crippen LogP contribution in [0.2, 0.25) is 0 Å². The van der Waals surface area contributed by atoms with Gasteiger partial charge < -0.3 is 5.32 Å². The Hall–Kier alpha value is -2.95. The third-order valence-electron chi connectivity index (χ3n) is 4.02. The minimum Gasteiger partial charge on any atom is -0.348 e. The molecule has 3 aromatic rings. The van der Waals surface area contributed by atoms with Crippen molar-refractivity contribution in [2.45, 2.75) is 26.9 Å². The van der Waals surface area contributed by atoms with Crippen molar-refractivity contribution in [1.29, 1.82) is 0 Å². The van der Waals surface area contributed by atoms with E-state index in [1.165, 1.54) is 12.1 Å². The molecule has 1 amide bonds. The quantitative estimate of drug-likeness (QED) is 0.773. The van der Waals surface area contributed by atoms with E-state index in [4.69, 9.17) is 0 Å². The Kier molecular flexibility index (Phi) is 4.93. The lowest BCUT2D eigenvalue weighted by Crippen LogP contribution is -2.22. The lowest BCUT2D eigenvalue weighted by molar-refractivity contribution is 0.0951. The van der Waals surface area contributed by atoms with Crippen LogP contribution in [0.4, 0.5) is 4.39 Å². The summed E-state index contributed by atoms with van der Waals surface area (Å²) in [6.07, 6.45) is 0. The van der Waals surface area contributed by atoms with Crippen LogP contribution in [0.3, 0.4) is 0 Å². The van der Waals surface area contributed by atoms with Gasteiger partial charge in [0.05, 0.1) is 12.2 Å². The van der Waals surface area contributed by atoms with Gasteiger partial charge in [0.2, 0.25) is 0 Å². The Morgan fingerprint density at radius 3 is 2.28 bits per heavy atom. The molecule has 0 aliphatic heterocycles. The van der Waals surface area contributed by atoms with Crippen molar-refractivity contribution in [3.05, 3.63) is 88.5 Å². The number of carbonyl (C=O) groups is 1. The second-order valence-corrected chi connectivity index (χ2v) is 6.09. The fraction of sp³-hybridized carbons (Fsp3) is 0.200. The van der Waals surface area contributed by atoms with E-state index in [0.717, 1.165) is 22.5 Å². The Bertz CT molecular complexity index is 867. The first-order valence-corrected chi connectivity index (χ1v) is 8.14. The van der Waals surface area contributed by atoms with Gasteiger partial charge in [-0.3, -0.25) is 9.48 Å². The van der Waals surface area contributed by atoms with E-state index in [1.807, 2.05) is 36.7 Å². The summed E-state index contributed by atoms with van der Waals surface area (Å²) < 4.78 is 14.8. The molecule has 2 aromatic carbocycles. The second-order valence-electron chi connectivity index (χ2n) is 6.09. The Labute approximate surface area is 146 Å². The van der Waals surface area contributed by atoms with Crippen LogP contribution < -0.4 is 5.32 Å². The Morgan fingerprint density at radius 1 is 1.04 bits per heavy atom. The maximum atomic E-state index is 12.9. The molecule has 0 aliphatic rings. The molecule has 128 valence electrons. The number of amides is 1. The van der Waals surface area contributed by atoms with E-state index >= 15 is 0 Å². The number of benzene rings is 2. The first kappa shape index (κ1) is 16.9. The van der Waals surface area contributed by atoms with E-state index in [9.17, 15) is 9.18 Å². The summed E-state index contributed by atoms with van der Waals surface area (Å²) in [5.74, 6) is -0.435. The van der Waals surface area contributed by atoms with Crippen LogP contribution in [0.25, 0.3) is 0 Å². The number of halogens is 1. The number of rotatable bonds is 5. The summed E-state index contributed by atoms with van der Waals surface area (Å²) in [5.41, 5.74) is 4.64. The molecule has 0 saturated heterocycles. The molecule has 5 heteroatoms. The van der Waals surface area contributed by atoms with E-state index in [-0.39, 0.29) is 11.7 Å². The average Bonchev–Trinajstić information content (AvgIpc) is 2.92. The monoisotopic (exact) mass is 337 g/mol. The predicted octanol–water partition coefficient (Wildman–Crippen LogP) is 3.62. The minimum atomic E-state index is -0.284. The summed E-state index contributed by atoms with van der Waals surface area (Å²) in [5, 5.41) is 7.28. The van der Waals surface area contributed by atoms with Gasteiger partial charge in [-0.05, 0) is 55.3 Å². The first-order chi connectivity index (χ1) is 12.0. The normalized spacial score (nSPS) is 10.7. The highest BCUT2D eigenvalue weighted by Crippen LogP contribution is 2.10. The largest absolute Gasteiger partial charge is 0.348 e. The first-order valence-electron chi connectivity index (χ1n) is 8.14. The molecule has 0 aliphatic carbocycles. The average molecular weight is 337 g/mol. The molecule has 1 heterocycles. The van der Waals surface area contributed by atoms with Gasteiger partial charge >= 0.3 is 0 Å². The molecule has 0 spiro atoms. The molecule has 25 heavy (non-hydrogen) atoms. The highest BCUT2D eigenvalue weighted by molar-refractivity contribution is 5.94. The van der Waals surface area contributed by atoms with Crippen molar-refractivity contribution in [3.8, 4) is 0 Å². The fourth-order valence-electron chi connectivity index (χ4n) is 2.66. The van der Waals surface area contributed by atoms with Crippen LogP contribution in [0.5, 0.6) is 0 Å². The molecule has 0 bridgehead atoms. The fourth-order valence-corrected chi connectivity index (χ4v) is 2.66. The van der Waals surface area contributed by atoms with Gasteiger partial charge in [0, 0.05) is 17.8 Å². The van der Waals surface area contributed by atoms with Gasteiger partial charge in [0.15, 0.2) is 0 Å². The van der Waals surface area contributed by atoms with Crippen LogP contribution in [0, 0.1) is 19.7 Å². The molecule has 1 aromatic heterocycles. The van der Waals surface area contributed by atoms with E-state index in [0.29, 0.717) is 18.7 Å². The van der Waals surface area contributed by atoms with Gasteiger partial charge in [-0.25, -0.2) is 4.39 Å². The zero-order valence-electron chi connectivity index (χ0n) is 14.3. The number of aromatic nitrogens is 2. The van der Waals surface area contributed by atoms with Crippen molar-refractivity contribution in [2.24, 2.45) is 0 Å². The second kappa shape index (κ2) is 7.30. The number of hydrogen-bond acceptors (Lipinski definition) is 2.